The number of rotatable bonds is 12. The summed E-state index contributed by atoms with van der Waals surface area (Å²) in [7, 11) is 0. The number of hydrogen-bond acceptors (Lipinski definition) is 5. The van der Waals surface area contributed by atoms with Crippen LogP contribution < -0.4 is 9.47 Å². The SMILES string of the molecule is C=C(C)C(=O)Oc1ccc(-c2ccc(-c3ccc(OC(=O)C(=C)CO)cc3)c(C3CCC(C4CCC(CCCC)CC4)CC3)c2)cc1. The van der Waals surface area contributed by atoms with E-state index >= 15 is 0 Å². The van der Waals surface area contributed by atoms with E-state index in [2.05, 4.69) is 38.3 Å². The molecule has 5 nitrogen and oxygen atoms in total. The van der Waals surface area contributed by atoms with Gasteiger partial charge in [-0.15, -0.1) is 0 Å². The Labute approximate surface area is 280 Å². The Morgan fingerprint density at radius 3 is 1.81 bits per heavy atom. The van der Waals surface area contributed by atoms with Crippen molar-refractivity contribution in [2.45, 2.75) is 90.4 Å². The maximum atomic E-state index is 12.1. The summed E-state index contributed by atoms with van der Waals surface area (Å²) in [6, 6.07) is 21.9. The van der Waals surface area contributed by atoms with E-state index in [9.17, 15) is 14.7 Å². The maximum Gasteiger partial charge on any atom is 0.341 e. The lowest BCUT2D eigenvalue weighted by Crippen LogP contribution is -2.25. The van der Waals surface area contributed by atoms with Gasteiger partial charge < -0.3 is 14.6 Å². The molecule has 0 aliphatic heterocycles. The molecule has 0 atom stereocenters. The number of benzene rings is 3. The fraction of sp³-hybridized carbons (Fsp3) is 0.429. The summed E-state index contributed by atoms with van der Waals surface area (Å²) >= 11 is 0. The minimum Gasteiger partial charge on any atom is -0.423 e. The molecule has 3 aromatic rings. The van der Waals surface area contributed by atoms with E-state index in [-0.39, 0.29) is 5.57 Å². The minimum absolute atomic E-state index is 0.0223. The molecule has 2 aliphatic rings. The summed E-state index contributed by atoms with van der Waals surface area (Å²) in [6.45, 7) is 10.7. The molecular weight excluding hydrogens is 584 g/mol. The van der Waals surface area contributed by atoms with Gasteiger partial charge in [0.15, 0.2) is 0 Å². The number of esters is 2. The number of carbonyl (C=O) groups excluding carboxylic acids is 2. The third kappa shape index (κ3) is 8.90. The van der Waals surface area contributed by atoms with Gasteiger partial charge in [-0.25, -0.2) is 9.59 Å². The predicted octanol–water partition coefficient (Wildman–Crippen LogP) is 10.2. The van der Waals surface area contributed by atoms with Gasteiger partial charge >= 0.3 is 11.9 Å². The smallest absolute Gasteiger partial charge is 0.341 e. The first-order valence-electron chi connectivity index (χ1n) is 17.5. The Balaban J connectivity index is 1.35. The van der Waals surface area contributed by atoms with Gasteiger partial charge in [-0.3, -0.25) is 0 Å². The minimum atomic E-state index is -0.628. The second-order valence-corrected chi connectivity index (χ2v) is 13.7. The van der Waals surface area contributed by atoms with Gasteiger partial charge in [0.1, 0.15) is 11.5 Å². The fourth-order valence-corrected chi connectivity index (χ4v) is 7.54. The van der Waals surface area contributed by atoms with Gasteiger partial charge in [-0.1, -0.05) is 94.7 Å². The first-order chi connectivity index (χ1) is 22.7. The monoisotopic (exact) mass is 634 g/mol. The van der Waals surface area contributed by atoms with E-state index in [0.717, 1.165) is 34.4 Å². The topological polar surface area (TPSA) is 72.8 Å². The van der Waals surface area contributed by atoms with Crippen molar-refractivity contribution in [1.82, 2.24) is 0 Å². The summed E-state index contributed by atoms with van der Waals surface area (Å²) < 4.78 is 10.8. The quantitative estimate of drug-likeness (QED) is 0.122. The predicted molar refractivity (Wildman–Crippen MR) is 189 cm³/mol. The molecule has 0 aromatic heterocycles. The van der Waals surface area contributed by atoms with Crippen molar-refractivity contribution in [3.8, 4) is 33.8 Å². The largest absolute Gasteiger partial charge is 0.423 e. The molecule has 0 bridgehead atoms. The van der Waals surface area contributed by atoms with Crippen LogP contribution in [0.25, 0.3) is 22.3 Å². The molecular formula is C42H50O5. The Bertz CT molecular complexity index is 1530. The van der Waals surface area contributed by atoms with Crippen molar-refractivity contribution in [2.75, 3.05) is 6.61 Å². The molecule has 5 heteroatoms. The standard InChI is InChI=1S/C42H50O5/c1-5-6-7-30-8-10-31(11-9-30)32-12-14-35(15-13-32)40-26-36(33-16-21-37(22-17-33)46-41(44)28(2)3)20-25-39(40)34-18-23-38(24-19-34)47-42(45)29(4)27-43/h16-26,30-32,35,43H,2,4-15,27H2,1,3H3. The molecule has 0 saturated heterocycles. The van der Waals surface area contributed by atoms with E-state index in [1.54, 1.807) is 19.1 Å². The van der Waals surface area contributed by atoms with Crippen LogP contribution in [0.15, 0.2) is 91.0 Å². The van der Waals surface area contributed by atoms with Crippen molar-refractivity contribution in [1.29, 1.82) is 0 Å². The zero-order valence-electron chi connectivity index (χ0n) is 28.1. The van der Waals surface area contributed by atoms with Crippen LogP contribution in [0.1, 0.15) is 96.0 Å². The highest BCUT2D eigenvalue weighted by Crippen LogP contribution is 2.47. The molecule has 1 N–H and O–H groups in total. The third-order valence-corrected chi connectivity index (χ3v) is 10.4. The molecule has 3 aromatic carbocycles. The Hall–Kier alpha value is -3.96. The Kier molecular flexibility index (Phi) is 11.9. The number of hydrogen-bond donors (Lipinski definition) is 1. The van der Waals surface area contributed by atoms with Crippen LogP contribution in [0.5, 0.6) is 11.5 Å². The summed E-state index contributed by atoms with van der Waals surface area (Å²) in [5.74, 6) is 2.99. The van der Waals surface area contributed by atoms with Crippen molar-refractivity contribution in [3.63, 3.8) is 0 Å². The Morgan fingerprint density at radius 1 is 0.723 bits per heavy atom. The first kappa shape index (κ1) is 34.4. The van der Waals surface area contributed by atoms with Crippen LogP contribution in [0.3, 0.4) is 0 Å². The van der Waals surface area contributed by atoms with E-state index in [4.69, 9.17) is 9.47 Å². The van der Waals surface area contributed by atoms with Crippen LogP contribution >= 0.6 is 0 Å². The fourth-order valence-electron chi connectivity index (χ4n) is 7.54. The van der Waals surface area contributed by atoms with E-state index < -0.39 is 18.5 Å². The van der Waals surface area contributed by atoms with Crippen molar-refractivity contribution in [3.05, 3.63) is 96.6 Å². The van der Waals surface area contributed by atoms with Gasteiger partial charge in [0.2, 0.25) is 0 Å². The number of carbonyl (C=O) groups is 2. The molecule has 248 valence electrons. The lowest BCUT2D eigenvalue weighted by atomic mass is 9.67. The first-order valence-corrected chi connectivity index (χ1v) is 17.5. The summed E-state index contributed by atoms with van der Waals surface area (Å²) in [5.41, 5.74) is 6.19. The van der Waals surface area contributed by atoms with Gasteiger partial charge in [0, 0.05) is 5.57 Å². The van der Waals surface area contributed by atoms with Crippen LogP contribution in [0, 0.1) is 17.8 Å². The van der Waals surface area contributed by atoms with Crippen LogP contribution in [0.2, 0.25) is 0 Å². The van der Waals surface area contributed by atoms with Crippen LogP contribution in [-0.2, 0) is 9.59 Å². The molecule has 2 aliphatic carbocycles. The molecule has 47 heavy (non-hydrogen) atoms. The number of aliphatic hydroxyl groups is 1. The molecule has 2 fully saturated rings. The van der Waals surface area contributed by atoms with Crippen molar-refractivity contribution >= 4 is 11.9 Å². The van der Waals surface area contributed by atoms with Crippen molar-refractivity contribution in [2.24, 2.45) is 17.8 Å². The normalized spacial score (nSPS) is 21.1. The molecule has 0 heterocycles. The highest BCUT2D eigenvalue weighted by atomic mass is 16.5. The molecule has 2 saturated carbocycles. The third-order valence-electron chi connectivity index (χ3n) is 10.4. The number of unbranched alkanes of at least 4 members (excludes halogenated alkanes) is 1. The summed E-state index contributed by atoms with van der Waals surface area (Å²) in [6.07, 6.45) is 14.7. The molecule has 0 spiro atoms. The zero-order chi connectivity index (χ0) is 33.3. The second kappa shape index (κ2) is 16.2. The summed E-state index contributed by atoms with van der Waals surface area (Å²) in [4.78, 5) is 24.1. The Morgan fingerprint density at radius 2 is 1.26 bits per heavy atom. The molecule has 5 rings (SSSR count). The van der Waals surface area contributed by atoms with Gasteiger partial charge in [-0.05, 0) is 121 Å². The van der Waals surface area contributed by atoms with E-state index in [1.807, 2.05) is 36.4 Å². The van der Waals surface area contributed by atoms with Crippen LogP contribution in [-0.4, -0.2) is 23.7 Å². The maximum absolute atomic E-state index is 12.1. The zero-order valence-corrected chi connectivity index (χ0v) is 28.1. The highest BCUT2D eigenvalue weighted by molar-refractivity contribution is 5.90. The lowest BCUT2D eigenvalue weighted by molar-refractivity contribution is -0.131. The van der Waals surface area contributed by atoms with Crippen molar-refractivity contribution < 1.29 is 24.2 Å². The van der Waals surface area contributed by atoms with E-state index in [1.165, 1.54) is 81.8 Å². The average molecular weight is 635 g/mol. The van der Waals surface area contributed by atoms with Crippen LogP contribution in [0.4, 0.5) is 0 Å². The van der Waals surface area contributed by atoms with Gasteiger partial charge in [-0.2, -0.15) is 0 Å². The molecule has 0 amide bonds. The second-order valence-electron chi connectivity index (χ2n) is 13.7. The molecule has 0 radical (unpaired) electrons. The lowest BCUT2D eigenvalue weighted by Gasteiger charge is -2.38. The van der Waals surface area contributed by atoms with Gasteiger partial charge in [0.05, 0.1) is 12.2 Å². The van der Waals surface area contributed by atoms with Gasteiger partial charge in [0.25, 0.3) is 0 Å². The average Bonchev–Trinajstić information content (AvgIpc) is 3.11. The number of ether oxygens (including phenoxy) is 2. The van der Waals surface area contributed by atoms with E-state index in [0.29, 0.717) is 23.0 Å². The number of aliphatic hydroxyl groups excluding tert-OH is 1. The molecule has 0 unspecified atom stereocenters. The summed E-state index contributed by atoms with van der Waals surface area (Å²) in [5, 5.41) is 9.21. The highest BCUT2D eigenvalue weighted by Gasteiger charge is 2.32.